The minimum Gasteiger partial charge on any atom is -0.508 e. The number of aromatic hydroxyl groups is 9. The molecule has 0 spiro atoms. The first-order chi connectivity index (χ1) is 67.6. The molecule has 0 amide bonds. The number of rotatable bonds is 10. The maximum atomic E-state index is 9.41. The molecule has 19 aromatic carbocycles. The average molecular weight is 1870 g/mol. The third kappa shape index (κ3) is 35.2. The van der Waals surface area contributed by atoms with Crippen LogP contribution in [0.25, 0.3) is 43.1 Å². The minimum absolute atomic E-state index is 0.0481. The van der Waals surface area contributed by atoms with Gasteiger partial charge in [-0.3, -0.25) is 0 Å². The monoisotopic (exact) mass is 1870 g/mol. The van der Waals surface area contributed by atoms with E-state index in [4.69, 9.17) is 20.4 Å². The van der Waals surface area contributed by atoms with E-state index in [2.05, 4.69) is 373 Å². The Hall–Kier alpha value is -15.6. The number of hydrogen-bond acceptors (Lipinski definition) is 9. The minimum atomic E-state index is -0.0753. The number of fused-ring (bicyclic) bond motifs is 4. The molecule has 0 fully saturated rings. The summed E-state index contributed by atoms with van der Waals surface area (Å²) >= 11 is 0. The highest BCUT2D eigenvalue weighted by Crippen LogP contribution is 2.39. The molecule has 0 bridgehead atoms. The molecule has 9 N–H and O–H groups in total. The first kappa shape index (κ1) is 115. The summed E-state index contributed by atoms with van der Waals surface area (Å²) in [6.07, 6.45) is 0. The van der Waals surface area contributed by atoms with E-state index in [0.717, 1.165) is 26.9 Å². The van der Waals surface area contributed by atoms with Gasteiger partial charge in [0, 0.05) is 66.1 Å². The van der Waals surface area contributed by atoms with Crippen molar-refractivity contribution in [3.63, 3.8) is 0 Å². The maximum Gasteiger partial charge on any atom is 0.165 e. The van der Waals surface area contributed by atoms with Gasteiger partial charge in [0.15, 0.2) is 11.5 Å². The zero-order chi connectivity index (χ0) is 103. The van der Waals surface area contributed by atoms with Gasteiger partial charge in [0.1, 0.15) is 40.2 Å². The second-order valence-corrected chi connectivity index (χ2v) is 33.8. The van der Waals surface area contributed by atoms with Gasteiger partial charge >= 0.3 is 0 Å². The van der Waals surface area contributed by atoms with Gasteiger partial charge in [-0.2, -0.15) is 0 Å². The van der Waals surface area contributed by atoms with Crippen molar-refractivity contribution in [2.45, 2.75) is 166 Å². The van der Waals surface area contributed by atoms with E-state index in [0.29, 0.717) is 21.9 Å². The van der Waals surface area contributed by atoms with Crippen LogP contribution in [-0.2, 0) is 27.1 Å². The second kappa shape index (κ2) is 60.8. The molecule has 726 valence electrons. The normalized spacial score (nSPS) is 10.3. The summed E-state index contributed by atoms with van der Waals surface area (Å²) in [7, 11) is 0. The van der Waals surface area contributed by atoms with Crippen LogP contribution in [0, 0.1) is 0 Å². The lowest BCUT2D eigenvalue weighted by Crippen LogP contribution is -2.18. The standard InChI is InChI=1S/5C15H16.3C10H8O2.C10H8O.C6H6O2.5C2H6/c5*1-15(2,13-9-5-3-6-10-13)14-11-7-4-8-12-14;11-8-5-7-3-1-2-4-9(7)10(12)6-8;11-9-5-6-10(12)8-4-2-1-3-7(8)9;11-9-6-5-7-3-1-2-4-8(7)10(9)12;11-10-7-3-5-8-4-1-2-6-9(8)10;7-5-2-1-3-6(8)4-5;5*1-2/h5*3-12H,1-2H3;3*1-6,11-12H;1-7,11H;1-4,7-8H;5*1-2H3. The van der Waals surface area contributed by atoms with Crippen molar-refractivity contribution in [2.75, 3.05) is 0 Å². The fourth-order valence-electron chi connectivity index (χ4n) is 14.9. The highest BCUT2D eigenvalue weighted by Gasteiger charge is 2.26. The van der Waals surface area contributed by atoms with E-state index in [1.807, 2.05) is 160 Å². The van der Waals surface area contributed by atoms with E-state index in [9.17, 15) is 25.5 Å². The van der Waals surface area contributed by atoms with Crippen LogP contribution in [0.1, 0.15) is 194 Å². The predicted molar refractivity (Wildman–Crippen MR) is 599 cm³/mol. The first-order valence-corrected chi connectivity index (χ1v) is 48.5. The van der Waals surface area contributed by atoms with Crippen LogP contribution in [0.2, 0.25) is 0 Å². The lowest BCUT2D eigenvalue weighted by atomic mass is 9.78. The predicted octanol–water partition coefficient (Wildman–Crippen LogP) is 35.6. The van der Waals surface area contributed by atoms with Crippen LogP contribution in [0.15, 0.2) is 479 Å². The summed E-state index contributed by atoms with van der Waals surface area (Å²) in [4.78, 5) is 0. The fourth-order valence-corrected chi connectivity index (χ4v) is 14.9. The van der Waals surface area contributed by atoms with Crippen LogP contribution in [0.3, 0.4) is 0 Å². The quantitative estimate of drug-likeness (QED) is 0.0475. The van der Waals surface area contributed by atoms with Gasteiger partial charge in [0.2, 0.25) is 0 Å². The summed E-state index contributed by atoms with van der Waals surface area (Å²) < 4.78 is 0. The Labute approximate surface area is 835 Å². The van der Waals surface area contributed by atoms with Crippen LogP contribution in [0.4, 0.5) is 0 Å². The van der Waals surface area contributed by atoms with E-state index in [1.54, 1.807) is 42.5 Å². The molecule has 9 nitrogen and oxygen atoms in total. The van der Waals surface area contributed by atoms with E-state index >= 15 is 0 Å². The van der Waals surface area contributed by atoms with Crippen molar-refractivity contribution in [2.24, 2.45) is 0 Å². The molecule has 0 unspecified atom stereocenters. The summed E-state index contributed by atoms with van der Waals surface area (Å²) in [5, 5.41) is 89.1. The molecule has 0 aliphatic rings. The molecule has 9 heteroatoms. The smallest absolute Gasteiger partial charge is 0.165 e. The number of phenols is 9. The Morgan fingerprint density at radius 2 is 0.314 bits per heavy atom. The van der Waals surface area contributed by atoms with Gasteiger partial charge in [-0.1, -0.05) is 563 Å². The highest BCUT2D eigenvalue weighted by atomic mass is 16.3. The van der Waals surface area contributed by atoms with Gasteiger partial charge in [-0.15, -0.1) is 0 Å². The van der Waals surface area contributed by atoms with Crippen LogP contribution < -0.4 is 0 Å². The van der Waals surface area contributed by atoms with Gasteiger partial charge in [-0.25, -0.2) is 0 Å². The van der Waals surface area contributed by atoms with Crippen molar-refractivity contribution >= 4 is 43.1 Å². The van der Waals surface area contributed by atoms with Gasteiger partial charge in [0.25, 0.3) is 0 Å². The molecule has 19 aromatic rings. The Bertz CT molecular complexity index is 5780. The Kier molecular flexibility index (Phi) is 49.9. The van der Waals surface area contributed by atoms with Crippen molar-refractivity contribution in [3.05, 3.63) is 535 Å². The largest absolute Gasteiger partial charge is 0.508 e. The van der Waals surface area contributed by atoms with Crippen molar-refractivity contribution in [1.82, 2.24) is 0 Å². The SMILES string of the molecule is CC.CC.CC.CC.CC.CC(C)(c1ccccc1)c1ccccc1.CC(C)(c1ccccc1)c1ccccc1.CC(C)(c1ccccc1)c1ccccc1.CC(C)(c1ccccc1)c1ccccc1.CC(C)(c1ccccc1)c1ccccc1.Oc1cc(O)c2ccccc2c1.Oc1ccc(O)c2ccccc12.Oc1ccc2ccccc2c1O.Oc1cccc(O)c1.Oc1cccc2ccccc12. The lowest BCUT2D eigenvalue weighted by Gasteiger charge is -2.25. The molecule has 0 aliphatic heterocycles. The van der Waals surface area contributed by atoms with E-state index < -0.39 is 0 Å². The Morgan fingerprint density at radius 3 is 0.557 bits per heavy atom. The fraction of sp³-hybridized carbons (Fsp3) is 0.191. The summed E-state index contributed by atoms with van der Waals surface area (Å²) in [5.41, 5.74) is 14.0. The molecular weight excluding hydrogens is 1720 g/mol. The van der Waals surface area contributed by atoms with E-state index in [-0.39, 0.29) is 73.1 Å². The third-order valence-electron chi connectivity index (χ3n) is 23.1. The lowest BCUT2D eigenvalue weighted by molar-refractivity contribution is 0.408. The van der Waals surface area contributed by atoms with Crippen LogP contribution in [0.5, 0.6) is 51.7 Å². The van der Waals surface area contributed by atoms with E-state index in [1.165, 1.54) is 98.1 Å². The molecular formula is C131H148O9. The van der Waals surface area contributed by atoms with Crippen molar-refractivity contribution in [3.8, 4) is 51.7 Å². The van der Waals surface area contributed by atoms with Crippen molar-refractivity contribution < 1.29 is 46.0 Å². The van der Waals surface area contributed by atoms with Crippen LogP contribution in [-0.4, -0.2) is 46.0 Å². The molecule has 0 radical (unpaired) electrons. The highest BCUT2D eigenvalue weighted by molar-refractivity contribution is 5.93. The zero-order valence-electron chi connectivity index (χ0n) is 85.6. The zero-order valence-corrected chi connectivity index (χ0v) is 85.6. The van der Waals surface area contributed by atoms with Crippen LogP contribution >= 0.6 is 0 Å². The third-order valence-corrected chi connectivity index (χ3v) is 23.1. The number of benzene rings is 19. The molecule has 0 saturated carbocycles. The number of hydrogen-bond donors (Lipinski definition) is 9. The average Bonchev–Trinajstić information content (AvgIpc) is 0.815. The summed E-state index contributed by atoms with van der Waals surface area (Å²) in [6.45, 7) is 42.6. The van der Waals surface area contributed by atoms with Gasteiger partial charge < -0.3 is 46.0 Å². The molecule has 0 heterocycles. The molecule has 0 aromatic heterocycles. The second-order valence-electron chi connectivity index (χ2n) is 33.8. The molecule has 140 heavy (non-hydrogen) atoms. The molecule has 0 aliphatic carbocycles. The summed E-state index contributed by atoms with van der Waals surface area (Å²) in [5.74, 6) is 1.00. The molecule has 19 rings (SSSR count). The topological polar surface area (TPSA) is 182 Å². The first-order valence-electron chi connectivity index (χ1n) is 48.5. The van der Waals surface area contributed by atoms with Gasteiger partial charge in [-0.05, 0) is 114 Å². The maximum absolute atomic E-state index is 9.41. The van der Waals surface area contributed by atoms with Crippen molar-refractivity contribution in [1.29, 1.82) is 0 Å². The Balaban J connectivity index is 0.000000272. The van der Waals surface area contributed by atoms with Gasteiger partial charge in [0.05, 0.1) is 0 Å². The molecule has 0 atom stereocenters. The molecule has 0 saturated heterocycles. The Morgan fingerprint density at radius 1 is 0.129 bits per heavy atom. The number of phenolic OH excluding ortho intramolecular Hbond substituents is 9. The summed E-state index contributed by atoms with van der Waals surface area (Å²) in [6, 6.07) is 157.